The topological polar surface area (TPSA) is 34.1 Å². The molecule has 0 amide bonds. The highest BCUT2D eigenvalue weighted by Gasteiger charge is 2.36. The molecule has 0 radical (unpaired) electrons. The number of fused-ring (bicyclic) bond motifs is 2. The van der Waals surface area contributed by atoms with Crippen molar-refractivity contribution in [2.45, 2.75) is 30.6 Å². The maximum absolute atomic E-state index is 12.5. The van der Waals surface area contributed by atoms with Crippen LogP contribution >= 0.6 is 0 Å². The fourth-order valence-electron chi connectivity index (χ4n) is 3.11. The van der Waals surface area contributed by atoms with Gasteiger partial charge in [0, 0.05) is 22.1 Å². The normalized spacial score (nSPS) is 32.5. The lowest BCUT2D eigenvalue weighted by atomic mass is 9.76. The van der Waals surface area contributed by atoms with E-state index in [-0.39, 0.29) is 11.7 Å². The number of hydrogen-bond acceptors (Lipinski definition) is 2. The Morgan fingerprint density at radius 2 is 1.88 bits per heavy atom. The molecule has 0 bridgehead atoms. The van der Waals surface area contributed by atoms with Gasteiger partial charge in [-0.1, -0.05) is 31.0 Å². The summed E-state index contributed by atoms with van der Waals surface area (Å²) in [6.07, 6.45) is 4.37. The molecule has 90 valence electrons. The Kier molecular flexibility index (Phi) is 2.87. The van der Waals surface area contributed by atoms with Gasteiger partial charge < -0.3 is 0 Å². The molecule has 1 heterocycles. The van der Waals surface area contributed by atoms with E-state index in [4.69, 9.17) is 0 Å². The third kappa shape index (κ3) is 1.86. The van der Waals surface area contributed by atoms with Gasteiger partial charge in [-0.3, -0.25) is 9.00 Å². The third-order valence-electron chi connectivity index (χ3n) is 4.01. The molecule has 1 aromatic rings. The lowest BCUT2D eigenvalue weighted by Crippen LogP contribution is -2.28. The smallest absolute Gasteiger partial charge is 0.167 e. The van der Waals surface area contributed by atoms with E-state index < -0.39 is 10.8 Å². The highest BCUT2D eigenvalue weighted by atomic mass is 32.2. The minimum atomic E-state index is -0.992. The molecule has 1 aliphatic carbocycles. The number of carbonyl (C=O) groups excluding carboxylic acids is 1. The van der Waals surface area contributed by atoms with Gasteiger partial charge in [-0.25, -0.2) is 0 Å². The largest absolute Gasteiger partial charge is 0.294 e. The van der Waals surface area contributed by atoms with E-state index in [2.05, 4.69) is 0 Å². The molecular formula is C14H16O2S. The number of ketones is 1. The van der Waals surface area contributed by atoms with E-state index in [0.29, 0.717) is 17.2 Å². The zero-order chi connectivity index (χ0) is 11.8. The van der Waals surface area contributed by atoms with Crippen molar-refractivity contribution < 1.29 is 9.00 Å². The van der Waals surface area contributed by atoms with Gasteiger partial charge in [0.1, 0.15) is 0 Å². The first-order valence-corrected chi connectivity index (χ1v) is 7.61. The summed E-state index contributed by atoms with van der Waals surface area (Å²) in [7, 11) is -0.992. The average Bonchev–Trinajstić information content (AvgIpc) is 2.48. The van der Waals surface area contributed by atoms with Crippen molar-refractivity contribution in [3.05, 3.63) is 29.8 Å². The Labute approximate surface area is 104 Å². The van der Waals surface area contributed by atoms with E-state index in [1.807, 2.05) is 24.3 Å². The fourth-order valence-corrected chi connectivity index (χ4v) is 4.72. The van der Waals surface area contributed by atoms with Crippen molar-refractivity contribution in [1.82, 2.24) is 0 Å². The van der Waals surface area contributed by atoms with Crippen molar-refractivity contribution in [2.75, 3.05) is 5.75 Å². The number of benzene rings is 1. The van der Waals surface area contributed by atoms with Crippen LogP contribution in [0.15, 0.2) is 29.2 Å². The van der Waals surface area contributed by atoms with Crippen LogP contribution in [0.4, 0.5) is 0 Å². The van der Waals surface area contributed by atoms with Crippen molar-refractivity contribution in [3.8, 4) is 0 Å². The SMILES string of the molecule is O=C1c2ccccc2S(=O)C[C@@H]2CCCC[C@@H]12. The van der Waals surface area contributed by atoms with E-state index in [1.54, 1.807) is 0 Å². The Hall–Kier alpha value is -0.960. The number of rotatable bonds is 0. The quantitative estimate of drug-likeness (QED) is 0.707. The van der Waals surface area contributed by atoms with E-state index in [1.165, 1.54) is 6.42 Å². The van der Waals surface area contributed by atoms with Crippen LogP contribution in [0.1, 0.15) is 36.0 Å². The van der Waals surface area contributed by atoms with Gasteiger partial charge in [0.2, 0.25) is 0 Å². The van der Waals surface area contributed by atoms with Crippen molar-refractivity contribution in [2.24, 2.45) is 11.8 Å². The molecular weight excluding hydrogens is 232 g/mol. The van der Waals surface area contributed by atoms with Gasteiger partial charge in [-0.05, 0) is 24.8 Å². The Balaban J connectivity index is 2.08. The van der Waals surface area contributed by atoms with Gasteiger partial charge in [-0.2, -0.15) is 0 Å². The van der Waals surface area contributed by atoms with Crippen LogP contribution in [0.25, 0.3) is 0 Å². The summed E-state index contributed by atoms with van der Waals surface area (Å²) >= 11 is 0. The summed E-state index contributed by atoms with van der Waals surface area (Å²) < 4.78 is 12.3. The molecule has 3 heteroatoms. The van der Waals surface area contributed by atoms with Crippen LogP contribution < -0.4 is 0 Å². The first-order chi connectivity index (χ1) is 8.27. The van der Waals surface area contributed by atoms with Gasteiger partial charge in [0.25, 0.3) is 0 Å². The molecule has 2 nitrogen and oxygen atoms in total. The Bertz CT molecular complexity index is 481. The van der Waals surface area contributed by atoms with Gasteiger partial charge in [-0.15, -0.1) is 0 Å². The highest BCUT2D eigenvalue weighted by Crippen LogP contribution is 2.37. The minimum Gasteiger partial charge on any atom is -0.294 e. The van der Waals surface area contributed by atoms with E-state index >= 15 is 0 Å². The van der Waals surface area contributed by atoms with Crippen LogP contribution in [0.3, 0.4) is 0 Å². The average molecular weight is 248 g/mol. The predicted molar refractivity (Wildman–Crippen MR) is 67.5 cm³/mol. The van der Waals surface area contributed by atoms with Crippen LogP contribution in [-0.2, 0) is 10.8 Å². The first-order valence-electron chi connectivity index (χ1n) is 6.29. The molecule has 0 N–H and O–H groups in total. The second-order valence-corrected chi connectivity index (χ2v) is 6.49. The number of hydrogen-bond donors (Lipinski definition) is 0. The summed E-state index contributed by atoms with van der Waals surface area (Å²) in [4.78, 5) is 13.2. The maximum atomic E-state index is 12.5. The summed E-state index contributed by atoms with van der Waals surface area (Å²) in [5.74, 6) is 1.37. The van der Waals surface area contributed by atoms with Crippen LogP contribution in [0, 0.1) is 11.8 Å². The Morgan fingerprint density at radius 3 is 2.76 bits per heavy atom. The molecule has 1 aliphatic heterocycles. The van der Waals surface area contributed by atoms with E-state index in [0.717, 1.165) is 24.2 Å². The monoisotopic (exact) mass is 248 g/mol. The predicted octanol–water partition coefficient (Wildman–Crippen LogP) is 2.80. The molecule has 2 aliphatic rings. The fraction of sp³-hybridized carbons (Fsp3) is 0.500. The zero-order valence-corrected chi connectivity index (χ0v) is 10.5. The lowest BCUT2D eigenvalue weighted by molar-refractivity contribution is 0.0840. The van der Waals surface area contributed by atoms with Crippen LogP contribution in [0.5, 0.6) is 0 Å². The van der Waals surface area contributed by atoms with Gasteiger partial charge >= 0.3 is 0 Å². The number of Topliss-reactive ketones (excluding diaryl/α,β-unsaturated/α-hetero) is 1. The molecule has 1 fully saturated rings. The molecule has 0 aromatic heterocycles. The summed E-state index contributed by atoms with van der Waals surface area (Å²) in [5, 5.41) is 0. The first kappa shape index (κ1) is 11.1. The lowest BCUT2D eigenvalue weighted by Gasteiger charge is -2.27. The molecule has 1 saturated carbocycles. The third-order valence-corrected chi connectivity index (χ3v) is 5.59. The second-order valence-electron chi connectivity index (χ2n) is 5.02. The molecule has 3 rings (SSSR count). The van der Waals surface area contributed by atoms with Crippen molar-refractivity contribution in [3.63, 3.8) is 0 Å². The molecule has 17 heavy (non-hydrogen) atoms. The second kappa shape index (κ2) is 4.37. The molecule has 0 spiro atoms. The van der Waals surface area contributed by atoms with Crippen LogP contribution in [-0.4, -0.2) is 15.7 Å². The standard InChI is InChI=1S/C14H16O2S/c15-14-11-6-2-1-5-10(11)9-17(16)13-8-4-3-7-12(13)14/h3-4,7-8,10-11H,1-2,5-6,9H2/t10-,11+,17?/m0/s1. The van der Waals surface area contributed by atoms with Gasteiger partial charge in [0.05, 0.1) is 10.8 Å². The maximum Gasteiger partial charge on any atom is 0.167 e. The molecule has 1 aromatic carbocycles. The Morgan fingerprint density at radius 1 is 1.12 bits per heavy atom. The minimum absolute atomic E-state index is 0.122. The highest BCUT2D eigenvalue weighted by molar-refractivity contribution is 7.85. The van der Waals surface area contributed by atoms with E-state index in [9.17, 15) is 9.00 Å². The van der Waals surface area contributed by atoms with Crippen molar-refractivity contribution >= 4 is 16.6 Å². The van der Waals surface area contributed by atoms with Crippen LogP contribution in [0.2, 0.25) is 0 Å². The zero-order valence-electron chi connectivity index (χ0n) is 9.72. The van der Waals surface area contributed by atoms with Crippen molar-refractivity contribution in [1.29, 1.82) is 0 Å². The molecule has 0 saturated heterocycles. The molecule has 3 atom stereocenters. The number of carbonyl (C=O) groups is 1. The molecule has 1 unspecified atom stereocenters. The summed E-state index contributed by atoms with van der Waals surface area (Å²) in [6, 6.07) is 7.43. The summed E-state index contributed by atoms with van der Waals surface area (Å²) in [6.45, 7) is 0. The van der Waals surface area contributed by atoms with Gasteiger partial charge in [0.15, 0.2) is 5.78 Å². The summed E-state index contributed by atoms with van der Waals surface area (Å²) in [5.41, 5.74) is 0.709.